The van der Waals surface area contributed by atoms with Gasteiger partial charge in [-0.05, 0) is 37.4 Å². The van der Waals surface area contributed by atoms with Gasteiger partial charge in [0.25, 0.3) is 0 Å². The molecule has 0 radical (unpaired) electrons. The quantitative estimate of drug-likeness (QED) is 0.739. The fraction of sp³-hybridized carbons (Fsp3) is 0.385. The molecule has 1 nitrogen and oxygen atoms in total. The zero-order chi connectivity index (χ0) is 12.0. The minimum atomic E-state index is 0.0249. The molecule has 0 aromatic heterocycles. The highest BCUT2D eigenvalue weighted by molar-refractivity contribution is 9.28. The first-order valence-electron chi connectivity index (χ1n) is 5.15. The Bertz CT molecular complexity index is 340. The largest absolute Gasteiger partial charge is 0.376 e. The molecule has 0 fully saturated rings. The van der Waals surface area contributed by atoms with Gasteiger partial charge in [-0.15, -0.1) is 0 Å². The van der Waals surface area contributed by atoms with Gasteiger partial charge >= 0.3 is 0 Å². The van der Waals surface area contributed by atoms with E-state index in [4.69, 9.17) is 4.74 Å². The monoisotopic (exact) mass is 346 g/mol. The van der Waals surface area contributed by atoms with E-state index >= 15 is 0 Å². The van der Waals surface area contributed by atoms with Gasteiger partial charge in [-0.2, -0.15) is 0 Å². The van der Waals surface area contributed by atoms with Crippen molar-refractivity contribution in [1.82, 2.24) is 0 Å². The summed E-state index contributed by atoms with van der Waals surface area (Å²) in [4.78, 5) is 0. The first-order valence-corrected chi connectivity index (χ1v) is 6.74. The fourth-order valence-electron chi connectivity index (χ4n) is 1.34. The average Bonchev–Trinajstić information content (AvgIpc) is 2.16. The van der Waals surface area contributed by atoms with E-state index < -0.39 is 0 Å². The van der Waals surface area contributed by atoms with Gasteiger partial charge in [-0.3, -0.25) is 0 Å². The van der Waals surface area contributed by atoms with Gasteiger partial charge in [0.05, 0.1) is 16.6 Å². The summed E-state index contributed by atoms with van der Waals surface area (Å²) in [6.07, 6.45) is 2.10. The van der Waals surface area contributed by atoms with E-state index in [9.17, 15) is 0 Å². The molecule has 0 aliphatic carbocycles. The van der Waals surface area contributed by atoms with Crippen LogP contribution < -0.4 is 0 Å². The molecule has 0 unspecified atom stereocenters. The number of benzene rings is 1. The van der Waals surface area contributed by atoms with Crippen LogP contribution >= 0.6 is 31.9 Å². The van der Waals surface area contributed by atoms with Crippen LogP contribution in [0.3, 0.4) is 0 Å². The summed E-state index contributed by atoms with van der Waals surface area (Å²) in [5, 5.41) is 0. The van der Waals surface area contributed by atoms with Crippen molar-refractivity contribution >= 4 is 31.9 Å². The smallest absolute Gasteiger partial charge is 0.0717 e. The molecule has 0 spiro atoms. The summed E-state index contributed by atoms with van der Waals surface area (Å²) in [6, 6.07) is 10.2. The van der Waals surface area contributed by atoms with Crippen LogP contribution in [-0.2, 0) is 11.3 Å². The second-order valence-corrected chi connectivity index (χ2v) is 7.17. The minimum absolute atomic E-state index is 0.0249. The van der Waals surface area contributed by atoms with Gasteiger partial charge in [0.2, 0.25) is 0 Å². The highest BCUT2D eigenvalue weighted by atomic mass is 79.9. The predicted octanol–water partition coefficient (Wildman–Crippen LogP) is 4.86. The Hall–Kier alpha value is -0.120. The maximum atomic E-state index is 5.70. The SMILES string of the molecule is CC(C)(C=C(Br)Br)COCc1ccccc1. The van der Waals surface area contributed by atoms with Crippen molar-refractivity contribution in [3.8, 4) is 0 Å². The van der Waals surface area contributed by atoms with Gasteiger partial charge in [-0.1, -0.05) is 50.3 Å². The summed E-state index contributed by atoms with van der Waals surface area (Å²) >= 11 is 6.74. The summed E-state index contributed by atoms with van der Waals surface area (Å²) < 4.78 is 6.67. The molecule has 3 heteroatoms. The molecule has 0 atom stereocenters. The molecule has 0 saturated heterocycles. The molecule has 88 valence electrons. The van der Waals surface area contributed by atoms with Gasteiger partial charge in [-0.25, -0.2) is 0 Å². The summed E-state index contributed by atoms with van der Waals surface area (Å²) in [5.41, 5.74) is 1.23. The van der Waals surface area contributed by atoms with Crippen LogP contribution in [0.15, 0.2) is 39.8 Å². The van der Waals surface area contributed by atoms with Crippen molar-refractivity contribution in [1.29, 1.82) is 0 Å². The van der Waals surface area contributed by atoms with Crippen LogP contribution in [0.2, 0.25) is 0 Å². The predicted molar refractivity (Wildman–Crippen MR) is 75.8 cm³/mol. The molecular formula is C13H16Br2O. The van der Waals surface area contributed by atoms with Crippen LogP contribution in [0.5, 0.6) is 0 Å². The molecule has 0 aliphatic heterocycles. The summed E-state index contributed by atoms with van der Waals surface area (Å²) in [5.74, 6) is 0. The Morgan fingerprint density at radius 3 is 2.44 bits per heavy atom. The van der Waals surface area contributed by atoms with Gasteiger partial charge in [0.15, 0.2) is 0 Å². The summed E-state index contributed by atoms with van der Waals surface area (Å²) in [7, 11) is 0. The third-order valence-corrected chi connectivity index (χ3v) is 2.54. The first-order chi connectivity index (χ1) is 7.49. The van der Waals surface area contributed by atoms with E-state index in [0.29, 0.717) is 13.2 Å². The van der Waals surface area contributed by atoms with E-state index in [2.05, 4.69) is 63.9 Å². The third-order valence-electron chi connectivity index (χ3n) is 2.09. The van der Waals surface area contributed by atoms with Crippen LogP contribution in [0.25, 0.3) is 0 Å². The molecule has 1 aromatic carbocycles. The highest BCUT2D eigenvalue weighted by Gasteiger charge is 2.15. The number of halogens is 2. The molecule has 0 heterocycles. The number of rotatable bonds is 5. The molecule has 1 aromatic rings. The second-order valence-electron chi connectivity index (χ2n) is 4.40. The van der Waals surface area contributed by atoms with Gasteiger partial charge in [0.1, 0.15) is 0 Å². The van der Waals surface area contributed by atoms with Gasteiger partial charge < -0.3 is 4.74 Å². The lowest BCUT2D eigenvalue weighted by Gasteiger charge is -2.20. The van der Waals surface area contributed by atoms with E-state index in [-0.39, 0.29) is 5.41 Å². The Labute approximate surface area is 114 Å². The zero-order valence-electron chi connectivity index (χ0n) is 9.54. The first kappa shape index (κ1) is 13.9. The van der Waals surface area contributed by atoms with Gasteiger partial charge in [0, 0.05) is 5.41 Å². The van der Waals surface area contributed by atoms with Crippen LogP contribution in [0.4, 0.5) is 0 Å². The van der Waals surface area contributed by atoms with Crippen molar-refractivity contribution in [2.24, 2.45) is 5.41 Å². The molecule has 0 bridgehead atoms. The maximum Gasteiger partial charge on any atom is 0.0717 e. The number of hydrogen-bond donors (Lipinski definition) is 0. The molecule has 1 rings (SSSR count). The molecule has 0 aliphatic rings. The number of hydrogen-bond acceptors (Lipinski definition) is 1. The lowest BCUT2D eigenvalue weighted by Crippen LogP contribution is -2.16. The fourth-order valence-corrected chi connectivity index (χ4v) is 2.58. The molecule has 16 heavy (non-hydrogen) atoms. The summed E-state index contributed by atoms with van der Waals surface area (Å²) in [6.45, 7) is 5.64. The van der Waals surface area contributed by atoms with Crippen molar-refractivity contribution < 1.29 is 4.74 Å². The lowest BCUT2D eigenvalue weighted by molar-refractivity contribution is 0.0717. The Balaban J connectivity index is 2.39. The second kappa shape index (κ2) is 6.58. The van der Waals surface area contributed by atoms with Crippen molar-refractivity contribution in [2.75, 3.05) is 6.61 Å². The van der Waals surface area contributed by atoms with E-state index in [1.807, 2.05) is 18.2 Å². The highest BCUT2D eigenvalue weighted by Crippen LogP contribution is 2.25. The molecular weight excluding hydrogens is 332 g/mol. The van der Waals surface area contributed by atoms with Crippen molar-refractivity contribution in [2.45, 2.75) is 20.5 Å². The Morgan fingerprint density at radius 2 is 1.88 bits per heavy atom. The molecule has 0 amide bonds. The maximum absolute atomic E-state index is 5.70. The van der Waals surface area contributed by atoms with E-state index in [0.717, 1.165) is 3.39 Å². The normalized spacial score (nSPS) is 11.2. The minimum Gasteiger partial charge on any atom is -0.376 e. The molecule has 0 N–H and O–H groups in total. The third kappa shape index (κ3) is 5.83. The van der Waals surface area contributed by atoms with Crippen LogP contribution in [0.1, 0.15) is 19.4 Å². The average molecular weight is 348 g/mol. The molecule has 0 saturated carbocycles. The topological polar surface area (TPSA) is 9.23 Å². The zero-order valence-corrected chi connectivity index (χ0v) is 12.7. The van der Waals surface area contributed by atoms with Crippen LogP contribution in [0, 0.1) is 5.41 Å². The lowest BCUT2D eigenvalue weighted by atomic mass is 9.95. The Kier molecular flexibility index (Phi) is 5.73. The van der Waals surface area contributed by atoms with Crippen molar-refractivity contribution in [3.63, 3.8) is 0 Å². The Morgan fingerprint density at radius 1 is 1.25 bits per heavy atom. The van der Waals surface area contributed by atoms with E-state index in [1.165, 1.54) is 5.56 Å². The number of ether oxygens (including phenoxy) is 1. The van der Waals surface area contributed by atoms with Crippen molar-refractivity contribution in [3.05, 3.63) is 45.4 Å². The van der Waals surface area contributed by atoms with E-state index in [1.54, 1.807) is 0 Å². The standard InChI is InChI=1S/C13H16Br2O/c1-13(2,8-12(14)15)10-16-9-11-6-4-3-5-7-11/h3-8H,9-10H2,1-2H3. The van der Waals surface area contributed by atoms with Crippen LogP contribution in [-0.4, -0.2) is 6.61 Å².